The molecule has 0 heterocycles. The van der Waals surface area contributed by atoms with Crippen molar-refractivity contribution in [2.45, 2.75) is 62.5 Å². The van der Waals surface area contributed by atoms with Crippen LogP contribution in [0.3, 0.4) is 0 Å². The van der Waals surface area contributed by atoms with Crippen molar-refractivity contribution in [2.24, 2.45) is 22.7 Å². The molecule has 0 aromatic heterocycles. The summed E-state index contributed by atoms with van der Waals surface area (Å²) in [6.07, 6.45) is -0.551. The molecule has 0 amide bonds. The van der Waals surface area contributed by atoms with E-state index in [9.17, 15) is 24.6 Å². The minimum absolute atomic E-state index is 0.0322. The average Bonchev–Trinajstić information content (AvgIpc) is 2.93. The maximum atomic E-state index is 17.2. The molecule has 3 saturated carbocycles. The fourth-order valence-electron chi connectivity index (χ4n) is 6.90. The second kappa shape index (κ2) is 7.30. The van der Waals surface area contributed by atoms with Crippen molar-refractivity contribution < 1.29 is 38.1 Å². The summed E-state index contributed by atoms with van der Waals surface area (Å²) in [4.78, 5) is 36.2. The van der Waals surface area contributed by atoms with Gasteiger partial charge in [-0.3, -0.25) is 14.4 Å². The highest BCUT2D eigenvalue weighted by Gasteiger charge is 2.77. The van der Waals surface area contributed by atoms with Crippen LogP contribution in [0.25, 0.3) is 0 Å². The van der Waals surface area contributed by atoms with Gasteiger partial charge in [-0.05, 0) is 49.0 Å². The molecule has 0 saturated heterocycles. The number of aliphatic hydroxyl groups is 2. The number of ketones is 2. The smallest absolute Gasteiger partial charge is 0.303 e. The number of carbonyl (C=O) groups excluding carboxylic acids is 3. The normalized spacial score (nSPS) is 48.5. The SMILES string of the molecule is C=C1C[C@H]2[C@@H]3C(Cl)C(F)C4=CC(=O)C=C[C@]4(C)[C@@]3(F)C(O)C[C@]2(C)[C@@]1(O)C(=O)COC(C)=O. The van der Waals surface area contributed by atoms with Crippen LogP contribution in [-0.2, 0) is 19.1 Å². The van der Waals surface area contributed by atoms with E-state index in [2.05, 4.69) is 6.58 Å². The minimum atomic E-state index is -2.47. The summed E-state index contributed by atoms with van der Waals surface area (Å²) in [6.45, 7) is 7.18. The number of hydrogen-bond acceptors (Lipinski definition) is 6. The molecule has 3 unspecified atom stereocenters. The van der Waals surface area contributed by atoms with Gasteiger partial charge in [0.05, 0.1) is 11.5 Å². The molecule has 6 nitrogen and oxygen atoms in total. The van der Waals surface area contributed by atoms with Gasteiger partial charge in [0, 0.05) is 23.7 Å². The molecule has 9 heteroatoms. The van der Waals surface area contributed by atoms with E-state index in [0.717, 1.165) is 19.1 Å². The lowest BCUT2D eigenvalue weighted by molar-refractivity contribution is -0.219. The molecule has 0 radical (unpaired) electrons. The lowest BCUT2D eigenvalue weighted by Gasteiger charge is -2.64. The van der Waals surface area contributed by atoms with Gasteiger partial charge in [-0.15, -0.1) is 11.6 Å². The van der Waals surface area contributed by atoms with Gasteiger partial charge in [-0.1, -0.05) is 19.6 Å². The third kappa shape index (κ3) is 2.80. The Labute approximate surface area is 195 Å². The number of aliphatic hydroxyl groups excluding tert-OH is 1. The molecule has 0 aliphatic heterocycles. The lowest BCUT2D eigenvalue weighted by Crippen LogP contribution is -2.73. The molecule has 180 valence electrons. The Morgan fingerprint density at radius 1 is 1.36 bits per heavy atom. The van der Waals surface area contributed by atoms with Crippen molar-refractivity contribution in [1.29, 1.82) is 0 Å². The highest BCUT2D eigenvalue weighted by molar-refractivity contribution is 6.22. The zero-order chi connectivity index (χ0) is 24.7. The number of rotatable bonds is 3. The van der Waals surface area contributed by atoms with Gasteiger partial charge in [0.15, 0.2) is 23.7 Å². The number of hydrogen-bond donors (Lipinski definition) is 2. The van der Waals surface area contributed by atoms with E-state index in [1.807, 2.05) is 0 Å². The van der Waals surface area contributed by atoms with Crippen LogP contribution >= 0.6 is 11.6 Å². The van der Waals surface area contributed by atoms with Crippen molar-refractivity contribution >= 4 is 29.1 Å². The van der Waals surface area contributed by atoms with Crippen molar-refractivity contribution in [3.8, 4) is 0 Å². The molecule has 4 aliphatic rings. The number of alkyl halides is 3. The Morgan fingerprint density at radius 3 is 2.61 bits per heavy atom. The summed E-state index contributed by atoms with van der Waals surface area (Å²) >= 11 is 6.51. The molecule has 2 N–H and O–H groups in total. The average molecular weight is 485 g/mol. The lowest BCUT2D eigenvalue weighted by atomic mass is 9.44. The molecule has 4 rings (SSSR count). The van der Waals surface area contributed by atoms with Gasteiger partial charge in [0.1, 0.15) is 6.17 Å². The van der Waals surface area contributed by atoms with Crippen LogP contribution in [0, 0.1) is 22.7 Å². The van der Waals surface area contributed by atoms with Crippen LogP contribution < -0.4 is 0 Å². The molecule has 4 aliphatic carbocycles. The van der Waals surface area contributed by atoms with Crippen LogP contribution in [0.15, 0.2) is 36.0 Å². The van der Waals surface area contributed by atoms with E-state index >= 15 is 8.78 Å². The number of ether oxygens (including phenoxy) is 1. The number of halogens is 3. The molecule has 0 bridgehead atoms. The van der Waals surface area contributed by atoms with Gasteiger partial charge in [0.2, 0.25) is 5.78 Å². The summed E-state index contributed by atoms with van der Waals surface area (Å²) in [7, 11) is 0. The summed E-state index contributed by atoms with van der Waals surface area (Å²) in [5.74, 6) is -4.22. The van der Waals surface area contributed by atoms with Crippen LogP contribution in [0.5, 0.6) is 0 Å². The van der Waals surface area contributed by atoms with E-state index < -0.39 is 75.7 Å². The highest BCUT2D eigenvalue weighted by Crippen LogP contribution is 2.71. The quantitative estimate of drug-likeness (QED) is 0.363. The van der Waals surface area contributed by atoms with Crippen LogP contribution in [-0.4, -0.2) is 63.3 Å². The van der Waals surface area contributed by atoms with Gasteiger partial charge in [0.25, 0.3) is 0 Å². The van der Waals surface area contributed by atoms with E-state index in [-0.39, 0.29) is 24.0 Å². The Kier molecular flexibility index (Phi) is 5.36. The molecule has 0 aromatic rings. The largest absolute Gasteiger partial charge is 0.458 e. The zero-order valence-electron chi connectivity index (χ0n) is 18.6. The topological polar surface area (TPSA) is 101 Å². The number of allylic oxidation sites excluding steroid dienone is 4. The first-order chi connectivity index (χ1) is 15.2. The summed E-state index contributed by atoms with van der Waals surface area (Å²) < 4.78 is 37.5. The Bertz CT molecular complexity index is 1020. The molecular weight excluding hydrogens is 458 g/mol. The molecule has 0 spiro atoms. The maximum absolute atomic E-state index is 17.2. The van der Waals surface area contributed by atoms with Crippen LogP contribution in [0.1, 0.15) is 33.6 Å². The van der Waals surface area contributed by atoms with Crippen molar-refractivity contribution in [2.75, 3.05) is 6.61 Å². The van der Waals surface area contributed by atoms with E-state index in [4.69, 9.17) is 16.3 Å². The minimum Gasteiger partial charge on any atom is -0.458 e. The van der Waals surface area contributed by atoms with Crippen LogP contribution in [0.2, 0.25) is 0 Å². The number of carbonyl (C=O) groups is 3. The second-order valence-electron chi connectivity index (χ2n) is 10.1. The van der Waals surface area contributed by atoms with Crippen molar-refractivity contribution in [3.05, 3.63) is 36.0 Å². The molecule has 0 aromatic carbocycles. The zero-order valence-corrected chi connectivity index (χ0v) is 19.4. The number of esters is 1. The van der Waals surface area contributed by atoms with Gasteiger partial charge < -0.3 is 14.9 Å². The van der Waals surface area contributed by atoms with Gasteiger partial charge in [-0.25, -0.2) is 8.78 Å². The molecule has 3 fully saturated rings. The van der Waals surface area contributed by atoms with Gasteiger partial charge >= 0.3 is 5.97 Å². The van der Waals surface area contributed by atoms with E-state index in [1.54, 1.807) is 0 Å². The molecule has 33 heavy (non-hydrogen) atoms. The fourth-order valence-corrected chi connectivity index (χ4v) is 7.39. The van der Waals surface area contributed by atoms with E-state index in [0.29, 0.717) is 0 Å². The molecular formula is C24H27ClF2O6. The number of Topliss-reactive ketones (excluding diaryl/α,β-unsaturated/α-hetero) is 1. The second-order valence-corrected chi connectivity index (χ2v) is 10.6. The first-order valence-electron chi connectivity index (χ1n) is 10.8. The maximum Gasteiger partial charge on any atom is 0.303 e. The first-order valence-corrected chi connectivity index (χ1v) is 11.3. The highest BCUT2D eigenvalue weighted by atomic mass is 35.5. The standard InChI is InChI=1S/C24H27ClF2O6/c1-11-7-14-18-19(25)20(26)15-8-13(29)5-6-21(15,3)23(18,27)16(30)9-22(14,4)24(11,32)17(31)10-33-12(2)28/h5-6,8,14,16,18-20,30,32H,1,7,9-10H2,2-4H3/t14-,16?,18+,19?,20?,21-,22-,23+,24-/m0/s1. The fraction of sp³-hybridized carbons (Fsp3) is 0.625. The van der Waals surface area contributed by atoms with Crippen molar-refractivity contribution in [1.82, 2.24) is 0 Å². The summed E-state index contributed by atoms with van der Waals surface area (Å²) in [5.41, 5.74) is -7.86. The van der Waals surface area contributed by atoms with Crippen LogP contribution in [0.4, 0.5) is 8.78 Å². The summed E-state index contributed by atoms with van der Waals surface area (Å²) in [5, 5.41) is 21.4. The Balaban J connectivity index is 1.84. The first kappa shape index (κ1) is 24.2. The van der Waals surface area contributed by atoms with Crippen molar-refractivity contribution in [3.63, 3.8) is 0 Å². The monoisotopic (exact) mass is 484 g/mol. The number of fused-ring (bicyclic) bond motifs is 5. The Hall–Kier alpha value is -1.90. The predicted molar refractivity (Wildman–Crippen MR) is 115 cm³/mol. The third-order valence-corrected chi connectivity index (χ3v) is 9.14. The Morgan fingerprint density at radius 2 is 2.00 bits per heavy atom. The van der Waals surface area contributed by atoms with Gasteiger partial charge in [-0.2, -0.15) is 0 Å². The summed E-state index contributed by atoms with van der Waals surface area (Å²) in [6, 6.07) is 0. The van der Waals surface area contributed by atoms with E-state index in [1.165, 1.54) is 19.9 Å². The predicted octanol–water partition coefficient (Wildman–Crippen LogP) is 2.55. The third-order valence-electron chi connectivity index (χ3n) is 8.65. The molecule has 9 atom stereocenters.